The monoisotopic (exact) mass is 466 g/mol. The van der Waals surface area contributed by atoms with Crippen molar-refractivity contribution in [2.75, 3.05) is 19.8 Å². The lowest BCUT2D eigenvalue weighted by Crippen LogP contribution is -2.36. The van der Waals surface area contributed by atoms with Crippen LogP contribution >= 0.6 is 0 Å². The lowest BCUT2D eigenvalue weighted by atomic mass is 10.1. The highest BCUT2D eigenvalue weighted by molar-refractivity contribution is 6.05. The van der Waals surface area contributed by atoms with Crippen LogP contribution in [0.25, 0.3) is 6.08 Å². The Morgan fingerprint density at radius 3 is 2.35 bits per heavy atom. The van der Waals surface area contributed by atoms with Gasteiger partial charge in [0.25, 0.3) is 11.8 Å². The van der Waals surface area contributed by atoms with Gasteiger partial charge in [0.05, 0.1) is 19.3 Å². The summed E-state index contributed by atoms with van der Waals surface area (Å²) in [4.78, 5) is 25.4. The van der Waals surface area contributed by atoms with Crippen molar-refractivity contribution >= 4 is 17.9 Å². The summed E-state index contributed by atoms with van der Waals surface area (Å²) < 4.78 is 11.4. The van der Waals surface area contributed by atoms with Crippen LogP contribution in [0.3, 0.4) is 0 Å². The molecule has 1 aliphatic rings. The number of hydrogen-bond donors (Lipinski definition) is 3. The van der Waals surface area contributed by atoms with Crippen LogP contribution < -0.4 is 20.1 Å². The summed E-state index contributed by atoms with van der Waals surface area (Å²) >= 11 is 0. The minimum atomic E-state index is -0.486. The van der Waals surface area contributed by atoms with Gasteiger partial charge in [0.2, 0.25) is 0 Å². The number of hydrogen-bond acceptors (Lipinski definition) is 5. The summed E-state index contributed by atoms with van der Waals surface area (Å²) in [6.07, 6.45) is 6.57. The number of ether oxygens (including phenoxy) is 2. The van der Waals surface area contributed by atoms with Gasteiger partial charge >= 0.3 is 0 Å². The van der Waals surface area contributed by atoms with Crippen LogP contribution in [0.15, 0.2) is 54.2 Å². The van der Waals surface area contributed by atoms with E-state index in [1.54, 1.807) is 54.6 Å². The lowest BCUT2D eigenvalue weighted by molar-refractivity contribution is -0.117. The van der Waals surface area contributed by atoms with Crippen molar-refractivity contribution < 1.29 is 24.2 Å². The van der Waals surface area contributed by atoms with Crippen molar-refractivity contribution in [3.05, 3.63) is 65.4 Å². The molecule has 0 heterocycles. The van der Waals surface area contributed by atoms with Gasteiger partial charge in [-0.15, -0.1) is 0 Å². The highest BCUT2D eigenvalue weighted by Gasteiger charge is 2.20. The third-order valence-corrected chi connectivity index (χ3v) is 5.29. The first-order valence-electron chi connectivity index (χ1n) is 11.9. The Balaban J connectivity index is 1.64. The molecule has 7 heteroatoms. The molecule has 182 valence electrons. The Morgan fingerprint density at radius 2 is 1.74 bits per heavy atom. The number of carbonyl (C=O) groups is 2. The molecule has 0 spiro atoms. The summed E-state index contributed by atoms with van der Waals surface area (Å²) in [6.45, 7) is 4.44. The molecular weight excluding hydrogens is 432 g/mol. The van der Waals surface area contributed by atoms with E-state index in [1.807, 2.05) is 13.8 Å². The molecule has 7 nitrogen and oxygen atoms in total. The second kappa shape index (κ2) is 12.8. The summed E-state index contributed by atoms with van der Waals surface area (Å²) in [6, 6.07) is 14.1. The van der Waals surface area contributed by atoms with Crippen LogP contribution in [-0.2, 0) is 4.79 Å². The Bertz CT molecular complexity index is 964. The molecule has 0 radical (unpaired) electrons. The first-order chi connectivity index (χ1) is 16.4. The number of carbonyl (C=O) groups excluding carboxylic acids is 2. The number of aliphatic hydroxyl groups is 1. The zero-order chi connectivity index (χ0) is 24.3. The zero-order valence-corrected chi connectivity index (χ0v) is 19.9. The third kappa shape index (κ3) is 8.56. The molecule has 34 heavy (non-hydrogen) atoms. The van der Waals surface area contributed by atoms with Crippen LogP contribution in [0.1, 0.15) is 55.5 Å². The summed E-state index contributed by atoms with van der Waals surface area (Å²) in [5.41, 5.74) is 1.21. The lowest BCUT2D eigenvalue weighted by Gasteiger charge is -2.12. The molecule has 3 N–H and O–H groups in total. The molecule has 1 saturated carbocycles. The van der Waals surface area contributed by atoms with Gasteiger partial charge in [0, 0.05) is 12.1 Å². The van der Waals surface area contributed by atoms with Crippen LogP contribution in [-0.4, -0.2) is 42.8 Å². The normalized spacial score (nSPS) is 13.5. The fraction of sp³-hybridized carbons (Fsp3) is 0.407. The first-order valence-corrected chi connectivity index (χ1v) is 11.9. The van der Waals surface area contributed by atoms with Crippen molar-refractivity contribution in [3.8, 4) is 11.5 Å². The van der Waals surface area contributed by atoms with Gasteiger partial charge in [-0.25, -0.2) is 0 Å². The van der Waals surface area contributed by atoms with E-state index in [1.165, 1.54) is 19.3 Å². The number of amides is 2. The molecule has 2 aromatic carbocycles. The Labute approximate surface area is 201 Å². The Hall–Kier alpha value is -3.32. The fourth-order valence-corrected chi connectivity index (χ4v) is 3.37. The quantitative estimate of drug-likeness (QED) is 0.307. The molecule has 0 aliphatic heterocycles. The largest absolute Gasteiger partial charge is 0.494 e. The Morgan fingerprint density at radius 1 is 1.06 bits per heavy atom. The summed E-state index contributed by atoms with van der Waals surface area (Å²) in [5, 5.41) is 14.3. The van der Waals surface area contributed by atoms with E-state index in [4.69, 9.17) is 14.6 Å². The van der Waals surface area contributed by atoms with Crippen molar-refractivity contribution in [2.24, 2.45) is 5.92 Å². The first kappa shape index (κ1) is 25.3. The van der Waals surface area contributed by atoms with E-state index in [0.29, 0.717) is 17.9 Å². The minimum absolute atomic E-state index is 0.0556. The summed E-state index contributed by atoms with van der Waals surface area (Å²) in [5.74, 6) is 1.42. The number of rotatable bonds is 13. The molecule has 0 unspecified atom stereocenters. The molecule has 0 atom stereocenters. The molecule has 0 aromatic heterocycles. The highest BCUT2D eigenvalue weighted by Crippen LogP contribution is 2.33. The van der Waals surface area contributed by atoms with E-state index >= 15 is 0 Å². The molecule has 0 bridgehead atoms. The molecule has 2 amide bonds. The second-order valence-corrected chi connectivity index (χ2v) is 8.69. The van der Waals surface area contributed by atoms with Gasteiger partial charge in [-0.2, -0.15) is 0 Å². The van der Waals surface area contributed by atoms with Crippen LogP contribution in [0.4, 0.5) is 0 Å². The molecule has 0 saturated heterocycles. The molecule has 1 aliphatic carbocycles. The Kier molecular flexibility index (Phi) is 9.52. The van der Waals surface area contributed by atoms with Gasteiger partial charge in [-0.05, 0) is 80.6 Å². The minimum Gasteiger partial charge on any atom is -0.494 e. The van der Waals surface area contributed by atoms with Gasteiger partial charge in [0.15, 0.2) is 0 Å². The maximum atomic E-state index is 12.8. The van der Waals surface area contributed by atoms with E-state index in [2.05, 4.69) is 10.6 Å². The average molecular weight is 467 g/mol. The number of benzene rings is 2. The SMILES string of the molecule is CC(C)Oc1ccc(/C=C(/NC(=O)c2ccc(OCCCC3CC3)cc2)C(=O)NCCO)cc1. The van der Waals surface area contributed by atoms with E-state index in [0.717, 1.165) is 23.7 Å². The highest BCUT2D eigenvalue weighted by atomic mass is 16.5. The number of aliphatic hydroxyl groups excluding tert-OH is 1. The van der Waals surface area contributed by atoms with Crippen LogP contribution in [0.5, 0.6) is 11.5 Å². The van der Waals surface area contributed by atoms with Crippen molar-refractivity contribution in [2.45, 2.75) is 45.6 Å². The van der Waals surface area contributed by atoms with Crippen molar-refractivity contribution in [1.29, 1.82) is 0 Å². The standard InChI is InChI=1S/C27H34N2O5/c1-19(2)34-24-11-7-21(8-12-24)18-25(27(32)28-15-16-30)29-26(31)22-9-13-23(14-10-22)33-17-3-4-20-5-6-20/h7-14,18-20,30H,3-6,15-17H2,1-2H3,(H,28,32)(H,29,31)/b25-18+. The van der Waals surface area contributed by atoms with Crippen molar-refractivity contribution in [1.82, 2.24) is 10.6 Å². The van der Waals surface area contributed by atoms with Crippen molar-refractivity contribution in [3.63, 3.8) is 0 Å². The van der Waals surface area contributed by atoms with E-state index in [-0.39, 0.29) is 25.0 Å². The molecule has 2 aromatic rings. The topological polar surface area (TPSA) is 96.9 Å². The second-order valence-electron chi connectivity index (χ2n) is 8.69. The van der Waals surface area contributed by atoms with Gasteiger partial charge in [-0.1, -0.05) is 25.0 Å². The van der Waals surface area contributed by atoms with Gasteiger partial charge in [0.1, 0.15) is 17.2 Å². The van der Waals surface area contributed by atoms with E-state index < -0.39 is 11.8 Å². The smallest absolute Gasteiger partial charge is 0.267 e. The molecule has 1 fully saturated rings. The van der Waals surface area contributed by atoms with Gasteiger partial charge < -0.3 is 25.2 Å². The maximum absolute atomic E-state index is 12.8. The maximum Gasteiger partial charge on any atom is 0.267 e. The fourth-order valence-electron chi connectivity index (χ4n) is 3.37. The summed E-state index contributed by atoms with van der Waals surface area (Å²) in [7, 11) is 0. The average Bonchev–Trinajstić information content (AvgIpc) is 3.65. The van der Waals surface area contributed by atoms with Gasteiger partial charge in [-0.3, -0.25) is 9.59 Å². The van der Waals surface area contributed by atoms with Crippen LogP contribution in [0, 0.1) is 5.92 Å². The predicted molar refractivity (Wildman–Crippen MR) is 132 cm³/mol. The molecular formula is C27H34N2O5. The predicted octanol–water partition coefficient (Wildman–Crippen LogP) is 3.92. The number of nitrogens with one attached hydrogen (secondary N) is 2. The third-order valence-electron chi connectivity index (χ3n) is 5.29. The zero-order valence-electron chi connectivity index (χ0n) is 19.9. The molecule has 3 rings (SSSR count). The van der Waals surface area contributed by atoms with Crippen LogP contribution in [0.2, 0.25) is 0 Å². The van der Waals surface area contributed by atoms with E-state index in [9.17, 15) is 9.59 Å².